The number of rotatable bonds is 18. The zero-order valence-electron chi connectivity index (χ0n) is 28.4. The van der Waals surface area contributed by atoms with Crippen molar-refractivity contribution in [3.05, 3.63) is 125 Å². The molecular formula is C39H46F3N5O3. The van der Waals surface area contributed by atoms with Gasteiger partial charge in [0.25, 0.3) is 11.8 Å². The van der Waals surface area contributed by atoms with E-state index in [0.717, 1.165) is 61.8 Å². The second kappa shape index (κ2) is 17.4. The molecule has 4 aromatic rings. The number of nitrogens with zero attached hydrogens (tertiary/aromatic N) is 3. The fourth-order valence-corrected chi connectivity index (χ4v) is 6.03. The first-order valence-electron chi connectivity index (χ1n) is 17.4. The van der Waals surface area contributed by atoms with Crippen LogP contribution in [-0.4, -0.2) is 62.9 Å². The minimum atomic E-state index is -4.45. The Kier molecular flexibility index (Phi) is 12.8. The lowest BCUT2D eigenvalue weighted by Crippen LogP contribution is -2.48. The Morgan fingerprint density at radius 2 is 1.60 bits per heavy atom. The fraction of sp³-hybridized carbons (Fsp3) is 0.410. The van der Waals surface area contributed by atoms with E-state index in [-0.39, 0.29) is 30.7 Å². The van der Waals surface area contributed by atoms with E-state index in [9.17, 15) is 27.9 Å². The molecule has 50 heavy (non-hydrogen) atoms. The summed E-state index contributed by atoms with van der Waals surface area (Å²) in [7, 11) is 0. The first kappa shape index (κ1) is 36.8. The van der Waals surface area contributed by atoms with Crippen LogP contribution in [0.15, 0.2) is 91.0 Å². The van der Waals surface area contributed by atoms with Gasteiger partial charge in [0.15, 0.2) is 5.69 Å². The number of aliphatic hydroxyl groups excluding tert-OH is 1. The van der Waals surface area contributed by atoms with Gasteiger partial charge in [0.2, 0.25) is 0 Å². The van der Waals surface area contributed by atoms with Crippen LogP contribution < -0.4 is 10.6 Å². The Morgan fingerprint density at radius 1 is 0.920 bits per heavy atom. The topological polar surface area (TPSA) is 99.5 Å². The summed E-state index contributed by atoms with van der Waals surface area (Å²) < 4.78 is 41.2. The number of carbonyl (C=O) groups is 2. The van der Waals surface area contributed by atoms with E-state index in [1.165, 1.54) is 6.07 Å². The summed E-state index contributed by atoms with van der Waals surface area (Å²) in [6.07, 6.45) is 0.839. The van der Waals surface area contributed by atoms with E-state index >= 15 is 0 Å². The summed E-state index contributed by atoms with van der Waals surface area (Å²) in [6, 6.07) is 25.0. The van der Waals surface area contributed by atoms with Gasteiger partial charge in [-0.1, -0.05) is 105 Å². The van der Waals surface area contributed by atoms with Gasteiger partial charge in [0.05, 0.1) is 24.3 Å². The van der Waals surface area contributed by atoms with Crippen molar-refractivity contribution in [3.8, 4) is 0 Å². The van der Waals surface area contributed by atoms with Crippen molar-refractivity contribution in [2.45, 2.75) is 89.3 Å². The molecule has 1 saturated carbocycles. The molecule has 1 aliphatic rings. The van der Waals surface area contributed by atoms with Gasteiger partial charge in [-0.3, -0.25) is 14.3 Å². The number of aromatic nitrogens is 2. The van der Waals surface area contributed by atoms with Gasteiger partial charge in [0, 0.05) is 31.7 Å². The predicted molar refractivity (Wildman–Crippen MR) is 187 cm³/mol. The molecule has 5 rings (SSSR count). The highest BCUT2D eigenvalue weighted by Crippen LogP contribution is 2.30. The number of unbranched alkanes of at least 4 members (excludes halogenated alkanes) is 3. The van der Waals surface area contributed by atoms with Gasteiger partial charge in [-0.15, -0.1) is 0 Å². The molecule has 3 aromatic carbocycles. The zero-order valence-corrected chi connectivity index (χ0v) is 28.4. The maximum absolute atomic E-state index is 14.0. The normalized spacial score (nSPS) is 14.3. The van der Waals surface area contributed by atoms with Gasteiger partial charge >= 0.3 is 6.18 Å². The molecule has 3 N–H and O–H groups in total. The van der Waals surface area contributed by atoms with E-state index in [1.54, 1.807) is 16.8 Å². The molecule has 1 aliphatic carbocycles. The average Bonchev–Trinajstić information content (AvgIpc) is 3.87. The summed E-state index contributed by atoms with van der Waals surface area (Å²) >= 11 is 0. The van der Waals surface area contributed by atoms with Crippen molar-refractivity contribution in [2.24, 2.45) is 0 Å². The minimum Gasteiger partial charge on any atom is -0.390 e. The molecular weight excluding hydrogens is 643 g/mol. The molecule has 0 spiro atoms. The third-order valence-electron chi connectivity index (χ3n) is 8.92. The van der Waals surface area contributed by atoms with Gasteiger partial charge in [-0.2, -0.15) is 18.3 Å². The van der Waals surface area contributed by atoms with Crippen LogP contribution in [0.5, 0.6) is 0 Å². The van der Waals surface area contributed by atoms with Gasteiger partial charge in [-0.05, 0) is 48.4 Å². The minimum absolute atomic E-state index is 0.00852. The first-order chi connectivity index (χ1) is 24.1. The first-order valence-corrected chi connectivity index (χ1v) is 17.4. The van der Waals surface area contributed by atoms with Crippen molar-refractivity contribution in [2.75, 3.05) is 13.1 Å². The number of hydrogen-bond donors (Lipinski definition) is 3. The van der Waals surface area contributed by atoms with E-state index in [0.29, 0.717) is 30.8 Å². The Hall–Kier alpha value is -4.48. The summed E-state index contributed by atoms with van der Waals surface area (Å²) in [6.45, 7) is 3.21. The van der Waals surface area contributed by atoms with Crippen LogP contribution >= 0.6 is 0 Å². The highest BCUT2D eigenvalue weighted by molar-refractivity contribution is 5.98. The molecule has 11 heteroatoms. The standard InChI is InChI=1S/C39H46F3N5O3/c1-2-3-4-11-21-46(32-19-20-32)38(50)35-24-34(45-47(35)27-29-15-9-6-10-16-29)37(49)44-33(23-28-13-7-5-8-14-28)36(48)26-43-25-30-17-12-18-31(22-30)39(40,41)42/h5-10,12-18,22,24,32-33,36,43,48H,2-4,11,19-21,23,25-27H2,1H3,(H,44,49)/t33-,36+/m0/s1. The number of hydrogen-bond acceptors (Lipinski definition) is 5. The van der Waals surface area contributed by atoms with Crippen LogP contribution in [0.4, 0.5) is 13.2 Å². The summed E-state index contributed by atoms with van der Waals surface area (Å²) in [4.78, 5) is 29.8. The van der Waals surface area contributed by atoms with Crippen molar-refractivity contribution in [3.63, 3.8) is 0 Å². The number of alkyl halides is 3. The lowest BCUT2D eigenvalue weighted by atomic mass is 10.0. The third-order valence-corrected chi connectivity index (χ3v) is 8.92. The molecule has 0 saturated heterocycles. The Labute approximate surface area is 291 Å². The number of carbonyl (C=O) groups excluding carboxylic acids is 2. The molecule has 1 aromatic heterocycles. The second-order valence-electron chi connectivity index (χ2n) is 13.0. The van der Waals surface area contributed by atoms with Gasteiger partial charge in [0.1, 0.15) is 5.69 Å². The van der Waals surface area contributed by atoms with Crippen molar-refractivity contribution < 1.29 is 27.9 Å². The van der Waals surface area contributed by atoms with E-state index in [4.69, 9.17) is 0 Å². The summed E-state index contributed by atoms with van der Waals surface area (Å²) in [5.74, 6) is -0.684. The van der Waals surface area contributed by atoms with Crippen molar-refractivity contribution in [1.29, 1.82) is 0 Å². The molecule has 0 aliphatic heterocycles. The highest BCUT2D eigenvalue weighted by atomic mass is 19.4. The smallest absolute Gasteiger partial charge is 0.390 e. The fourth-order valence-electron chi connectivity index (χ4n) is 6.03. The Morgan fingerprint density at radius 3 is 2.26 bits per heavy atom. The summed E-state index contributed by atoms with van der Waals surface area (Å²) in [5.41, 5.74) is 1.89. The molecule has 266 valence electrons. The number of benzene rings is 3. The molecule has 0 radical (unpaired) electrons. The maximum atomic E-state index is 14.0. The molecule has 2 amide bonds. The third kappa shape index (κ3) is 10.5. The number of amides is 2. The van der Waals surface area contributed by atoms with Crippen LogP contribution in [0, 0.1) is 0 Å². The molecule has 0 bridgehead atoms. The lowest BCUT2D eigenvalue weighted by molar-refractivity contribution is -0.137. The second-order valence-corrected chi connectivity index (χ2v) is 13.0. The number of halogens is 3. The maximum Gasteiger partial charge on any atom is 0.416 e. The van der Waals surface area contributed by atoms with Crippen molar-refractivity contribution in [1.82, 2.24) is 25.3 Å². The predicted octanol–water partition coefficient (Wildman–Crippen LogP) is 6.63. The highest BCUT2D eigenvalue weighted by Gasteiger charge is 2.35. The molecule has 0 unspecified atom stereocenters. The molecule has 8 nitrogen and oxygen atoms in total. The van der Waals surface area contributed by atoms with Crippen LogP contribution in [0.3, 0.4) is 0 Å². The Balaban J connectivity index is 1.34. The monoisotopic (exact) mass is 689 g/mol. The van der Waals surface area contributed by atoms with Crippen molar-refractivity contribution >= 4 is 11.8 Å². The van der Waals surface area contributed by atoms with E-state index in [2.05, 4.69) is 22.7 Å². The Bertz CT molecular complexity index is 1680. The SMILES string of the molecule is CCCCCCN(C(=O)c1cc(C(=O)N[C@@H](Cc2ccccc2)[C@H](O)CNCc2cccc(C(F)(F)F)c2)nn1Cc1ccccc1)C1CC1. The molecule has 2 atom stereocenters. The quantitative estimate of drug-likeness (QED) is 0.102. The van der Waals surface area contributed by atoms with Crippen LogP contribution in [0.1, 0.15) is 88.7 Å². The zero-order chi connectivity index (χ0) is 35.5. The van der Waals surface area contributed by atoms with Crippen LogP contribution in [-0.2, 0) is 25.7 Å². The van der Waals surface area contributed by atoms with Crippen LogP contribution in [0.25, 0.3) is 0 Å². The van der Waals surface area contributed by atoms with Gasteiger partial charge in [-0.25, -0.2) is 0 Å². The molecule has 1 fully saturated rings. The largest absolute Gasteiger partial charge is 0.416 e. The van der Waals surface area contributed by atoms with E-state index < -0.39 is 29.8 Å². The number of nitrogens with one attached hydrogen (secondary N) is 2. The molecule has 1 heterocycles. The lowest BCUT2D eigenvalue weighted by Gasteiger charge is -2.24. The van der Waals surface area contributed by atoms with E-state index in [1.807, 2.05) is 65.6 Å². The average molecular weight is 690 g/mol. The number of aliphatic hydroxyl groups is 1. The summed E-state index contributed by atoms with van der Waals surface area (Å²) in [5, 5.41) is 21.9. The van der Waals surface area contributed by atoms with Gasteiger partial charge < -0.3 is 20.6 Å². The van der Waals surface area contributed by atoms with Crippen LogP contribution in [0.2, 0.25) is 0 Å².